The summed E-state index contributed by atoms with van der Waals surface area (Å²) in [4.78, 5) is 14.8. The standard InChI is InChI=1S/C18H25NO2/c1-19(2)13-16-7-5-4-6-15(18(16)20)12-14-8-10-17(21-3)11-9-14/h8-12,16H,4-7,13H2,1-3H3. The van der Waals surface area contributed by atoms with Crippen LogP contribution in [0.3, 0.4) is 0 Å². The number of ether oxygens (including phenoxy) is 1. The van der Waals surface area contributed by atoms with Gasteiger partial charge in [-0.25, -0.2) is 0 Å². The van der Waals surface area contributed by atoms with E-state index >= 15 is 0 Å². The van der Waals surface area contributed by atoms with E-state index in [4.69, 9.17) is 4.74 Å². The first-order chi connectivity index (χ1) is 10.1. The summed E-state index contributed by atoms with van der Waals surface area (Å²) in [6.45, 7) is 0.846. The zero-order valence-corrected chi connectivity index (χ0v) is 13.3. The SMILES string of the molecule is COc1ccc(C=C2CCCCC(CN(C)C)C2=O)cc1. The number of hydrogen-bond acceptors (Lipinski definition) is 3. The first kappa shape index (κ1) is 15.8. The second kappa shape index (κ2) is 7.41. The van der Waals surface area contributed by atoms with Gasteiger partial charge < -0.3 is 9.64 Å². The van der Waals surface area contributed by atoms with Crippen molar-refractivity contribution in [3.8, 4) is 5.75 Å². The third-order valence-corrected chi connectivity index (χ3v) is 3.98. The molecule has 0 bridgehead atoms. The molecular weight excluding hydrogens is 262 g/mol. The van der Waals surface area contributed by atoms with Crippen molar-refractivity contribution in [2.75, 3.05) is 27.7 Å². The van der Waals surface area contributed by atoms with Gasteiger partial charge in [0.15, 0.2) is 5.78 Å². The molecule has 0 amide bonds. The maximum atomic E-state index is 12.7. The second-order valence-corrected chi connectivity index (χ2v) is 6.01. The predicted molar refractivity (Wildman–Crippen MR) is 86.5 cm³/mol. The molecule has 1 fully saturated rings. The van der Waals surface area contributed by atoms with E-state index in [1.165, 1.54) is 0 Å². The van der Waals surface area contributed by atoms with Crippen LogP contribution in [0.1, 0.15) is 31.2 Å². The van der Waals surface area contributed by atoms with Gasteiger partial charge in [0, 0.05) is 12.5 Å². The van der Waals surface area contributed by atoms with E-state index in [1.54, 1.807) is 7.11 Å². The summed E-state index contributed by atoms with van der Waals surface area (Å²) in [7, 11) is 5.73. The van der Waals surface area contributed by atoms with Crippen LogP contribution in [-0.2, 0) is 4.79 Å². The molecule has 0 aromatic heterocycles. The molecule has 114 valence electrons. The second-order valence-electron chi connectivity index (χ2n) is 6.01. The Balaban J connectivity index is 2.18. The lowest BCUT2D eigenvalue weighted by Crippen LogP contribution is -2.27. The molecule has 0 radical (unpaired) electrons. The molecule has 1 atom stereocenters. The van der Waals surface area contributed by atoms with Gasteiger partial charge in [0.25, 0.3) is 0 Å². The molecule has 3 nitrogen and oxygen atoms in total. The van der Waals surface area contributed by atoms with E-state index in [0.29, 0.717) is 5.78 Å². The van der Waals surface area contributed by atoms with Gasteiger partial charge >= 0.3 is 0 Å². The summed E-state index contributed by atoms with van der Waals surface area (Å²) in [6.07, 6.45) is 6.21. The average molecular weight is 287 g/mol. The van der Waals surface area contributed by atoms with Gasteiger partial charge in [-0.2, -0.15) is 0 Å². The molecule has 1 aliphatic rings. The minimum Gasteiger partial charge on any atom is -0.497 e. The van der Waals surface area contributed by atoms with Crippen LogP contribution in [-0.4, -0.2) is 38.4 Å². The molecule has 1 saturated carbocycles. The lowest BCUT2D eigenvalue weighted by Gasteiger charge is -2.18. The van der Waals surface area contributed by atoms with Crippen LogP contribution >= 0.6 is 0 Å². The molecule has 1 unspecified atom stereocenters. The molecule has 0 N–H and O–H groups in total. The minimum absolute atomic E-state index is 0.145. The van der Waals surface area contributed by atoms with E-state index in [0.717, 1.165) is 49.1 Å². The Bertz CT molecular complexity index is 502. The summed E-state index contributed by atoms with van der Waals surface area (Å²) in [5.74, 6) is 1.32. The summed E-state index contributed by atoms with van der Waals surface area (Å²) < 4.78 is 5.17. The van der Waals surface area contributed by atoms with Crippen LogP contribution in [0.15, 0.2) is 29.8 Å². The van der Waals surface area contributed by atoms with Gasteiger partial charge in [-0.05, 0) is 62.7 Å². The fraction of sp³-hybridized carbons (Fsp3) is 0.500. The monoisotopic (exact) mass is 287 g/mol. The van der Waals surface area contributed by atoms with Crippen molar-refractivity contribution in [1.29, 1.82) is 0 Å². The smallest absolute Gasteiger partial charge is 0.163 e. The zero-order valence-electron chi connectivity index (χ0n) is 13.3. The molecule has 0 aliphatic heterocycles. The Kier molecular flexibility index (Phi) is 5.57. The van der Waals surface area contributed by atoms with Crippen LogP contribution in [0.2, 0.25) is 0 Å². The summed E-state index contributed by atoms with van der Waals surface area (Å²) in [5.41, 5.74) is 2.05. The first-order valence-electron chi connectivity index (χ1n) is 7.63. The molecule has 0 saturated heterocycles. The van der Waals surface area contributed by atoms with Crippen LogP contribution in [0.5, 0.6) is 5.75 Å². The molecular formula is C18H25NO2. The molecule has 3 heteroatoms. The van der Waals surface area contributed by atoms with Crippen LogP contribution in [0.25, 0.3) is 6.08 Å². The van der Waals surface area contributed by atoms with Gasteiger partial charge in [-0.1, -0.05) is 18.6 Å². The first-order valence-corrected chi connectivity index (χ1v) is 7.63. The molecule has 0 spiro atoms. The van der Waals surface area contributed by atoms with Crippen molar-refractivity contribution in [3.63, 3.8) is 0 Å². The topological polar surface area (TPSA) is 29.5 Å². The minimum atomic E-state index is 0.145. The lowest BCUT2D eigenvalue weighted by molar-refractivity contribution is -0.119. The third-order valence-electron chi connectivity index (χ3n) is 3.98. The Morgan fingerprint density at radius 1 is 1.24 bits per heavy atom. The predicted octanol–water partition coefficient (Wildman–Crippen LogP) is 3.40. The van der Waals surface area contributed by atoms with Crippen LogP contribution in [0, 0.1) is 5.92 Å². The highest BCUT2D eigenvalue weighted by atomic mass is 16.5. The highest BCUT2D eigenvalue weighted by molar-refractivity contribution is 6.01. The molecule has 1 aliphatic carbocycles. The number of Topliss-reactive ketones (excluding diaryl/α,β-unsaturated/α-hetero) is 1. The van der Waals surface area contributed by atoms with Gasteiger partial charge in [0.1, 0.15) is 5.75 Å². The number of nitrogens with zero attached hydrogens (tertiary/aromatic N) is 1. The quantitative estimate of drug-likeness (QED) is 0.628. The molecule has 2 rings (SSSR count). The Hall–Kier alpha value is -1.61. The summed E-state index contributed by atoms with van der Waals surface area (Å²) >= 11 is 0. The van der Waals surface area contributed by atoms with Crippen molar-refractivity contribution in [1.82, 2.24) is 4.90 Å². The maximum Gasteiger partial charge on any atom is 0.163 e. The molecule has 1 aromatic carbocycles. The van der Waals surface area contributed by atoms with E-state index in [1.807, 2.05) is 38.4 Å². The molecule has 21 heavy (non-hydrogen) atoms. The summed E-state index contributed by atoms with van der Waals surface area (Å²) in [5, 5.41) is 0. The van der Waals surface area contributed by atoms with Gasteiger partial charge in [-0.3, -0.25) is 4.79 Å². The highest BCUT2D eigenvalue weighted by Crippen LogP contribution is 2.26. The Morgan fingerprint density at radius 2 is 1.95 bits per heavy atom. The van der Waals surface area contributed by atoms with Crippen LogP contribution < -0.4 is 4.74 Å². The molecule has 0 heterocycles. The number of ketones is 1. The number of carbonyl (C=O) groups is 1. The van der Waals surface area contributed by atoms with Crippen molar-refractivity contribution in [2.45, 2.75) is 25.7 Å². The van der Waals surface area contributed by atoms with Gasteiger partial charge in [0.05, 0.1) is 7.11 Å². The third kappa shape index (κ3) is 4.43. The number of methoxy groups -OCH3 is 1. The number of rotatable bonds is 4. The van der Waals surface area contributed by atoms with E-state index < -0.39 is 0 Å². The van der Waals surface area contributed by atoms with Gasteiger partial charge in [0.2, 0.25) is 0 Å². The maximum absolute atomic E-state index is 12.7. The normalized spacial score (nSPS) is 21.6. The number of carbonyl (C=O) groups excluding carboxylic acids is 1. The van der Waals surface area contributed by atoms with Crippen molar-refractivity contribution < 1.29 is 9.53 Å². The lowest BCUT2D eigenvalue weighted by atomic mass is 9.94. The van der Waals surface area contributed by atoms with Gasteiger partial charge in [-0.15, -0.1) is 0 Å². The largest absolute Gasteiger partial charge is 0.497 e. The average Bonchev–Trinajstić information content (AvgIpc) is 2.63. The van der Waals surface area contributed by atoms with E-state index in [9.17, 15) is 4.79 Å². The highest BCUT2D eigenvalue weighted by Gasteiger charge is 2.25. The number of allylic oxidation sites excluding steroid dienone is 1. The fourth-order valence-corrected chi connectivity index (χ4v) is 2.88. The zero-order chi connectivity index (χ0) is 15.2. The van der Waals surface area contributed by atoms with Crippen molar-refractivity contribution >= 4 is 11.9 Å². The van der Waals surface area contributed by atoms with Crippen molar-refractivity contribution in [3.05, 3.63) is 35.4 Å². The molecule has 1 aromatic rings. The van der Waals surface area contributed by atoms with Crippen molar-refractivity contribution in [2.24, 2.45) is 5.92 Å². The number of benzene rings is 1. The number of hydrogen-bond donors (Lipinski definition) is 0. The van der Waals surface area contributed by atoms with E-state index in [2.05, 4.69) is 11.0 Å². The van der Waals surface area contributed by atoms with E-state index in [-0.39, 0.29) is 5.92 Å². The Morgan fingerprint density at radius 3 is 2.57 bits per heavy atom. The Labute approximate surface area is 127 Å². The van der Waals surface area contributed by atoms with Crippen LogP contribution in [0.4, 0.5) is 0 Å². The summed E-state index contributed by atoms with van der Waals surface area (Å²) in [6, 6.07) is 7.88. The fourth-order valence-electron chi connectivity index (χ4n) is 2.88.